The number of benzene rings is 1. The van der Waals surface area contributed by atoms with Crippen molar-refractivity contribution in [2.75, 3.05) is 13.2 Å². The van der Waals surface area contributed by atoms with Crippen molar-refractivity contribution in [2.24, 2.45) is 5.10 Å². The van der Waals surface area contributed by atoms with Crippen LogP contribution in [0.15, 0.2) is 40.4 Å². The molecule has 1 aromatic rings. The van der Waals surface area contributed by atoms with E-state index in [4.69, 9.17) is 4.74 Å². The molecule has 0 saturated heterocycles. The highest BCUT2D eigenvalue weighted by Gasteiger charge is 2.10. The number of ether oxygens (including phenoxy) is 1. The van der Waals surface area contributed by atoms with Crippen LogP contribution >= 0.6 is 15.9 Å². The van der Waals surface area contributed by atoms with Gasteiger partial charge in [0.25, 0.3) is 0 Å². The fraction of sp³-hybridized carbons (Fsp3) is 0.214. The second-order valence-corrected chi connectivity index (χ2v) is 4.73. The van der Waals surface area contributed by atoms with Crippen LogP contribution in [-0.4, -0.2) is 31.2 Å². The number of nitrogens with zero attached hydrogens (tertiary/aromatic N) is 1. The maximum Gasteiger partial charge on any atom is 0.329 e. The van der Waals surface area contributed by atoms with Crippen LogP contribution < -0.4 is 15.5 Å². The standard InChI is InChI=1S/C14H16BrN3O3/c1-3-7-16-13(19)14(20)18-17-9-10-8-11(15)5-6-12(10)21-4-2/h3,5-6,8-9H,1,4,7H2,2H3,(H,16,19)(H,18,20)/b17-9-. The second-order valence-electron chi connectivity index (χ2n) is 3.81. The summed E-state index contributed by atoms with van der Waals surface area (Å²) in [4.78, 5) is 22.7. The Labute approximate surface area is 131 Å². The van der Waals surface area contributed by atoms with Crippen LogP contribution in [0.3, 0.4) is 0 Å². The molecule has 2 N–H and O–H groups in total. The van der Waals surface area contributed by atoms with Gasteiger partial charge in [-0.05, 0) is 25.1 Å². The van der Waals surface area contributed by atoms with Gasteiger partial charge in [0.2, 0.25) is 0 Å². The molecule has 0 radical (unpaired) electrons. The maximum atomic E-state index is 11.4. The third-order valence-electron chi connectivity index (χ3n) is 2.25. The molecule has 0 heterocycles. The molecule has 0 atom stereocenters. The van der Waals surface area contributed by atoms with E-state index in [2.05, 4.69) is 38.4 Å². The van der Waals surface area contributed by atoms with Crippen molar-refractivity contribution < 1.29 is 14.3 Å². The zero-order valence-corrected chi connectivity index (χ0v) is 13.1. The number of carbonyl (C=O) groups is 2. The van der Waals surface area contributed by atoms with Crippen LogP contribution in [0.4, 0.5) is 0 Å². The average molecular weight is 354 g/mol. The molecular weight excluding hydrogens is 338 g/mol. The lowest BCUT2D eigenvalue weighted by Crippen LogP contribution is -2.37. The van der Waals surface area contributed by atoms with Crippen LogP contribution in [0.2, 0.25) is 0 Å². The highest BCUT2D eigenvalue weighted by Crippen LogP contribution is 2.21. The SMILES string of the molecule is C=CCNC(=O)C(=O)N/N=C\c1cc(Br)ccc1OCC. The van der Waals surface area contributed by atoms with Crippen molar-refractivity contribution >= 4 is 34.0 Å². The van der Waals surface area contributed by atoms with Gasteiger partial charge in [-0.25, -0.2) is 5.43 Å². The van der Waals surface area contributed by atoms with Crippen LogP contribution in [0.1, 0.15) is 12.5 Å². The molecule has 0 fully saturated rings. The van der Waals surface area contributed by atoms with E-state index < -0.39 is 11.8 Å². The third kappa shape index (κ3) is 5.78. The van der Waals surface area contributed by atoms with E-state index in [-0.39, 0.29) is 6.54 Å². The smallest absolute Gasteiger partial charge is 0.329 e. The summed E-state index contributed by atoms with van der Waals surface area (Å²) in [6.07, 6.45) is 2.89. The summed E-state index contributed by atoms with van der Waals surface area (Å²) in [5.41, 5.74) is 2.82. The zero-order valence-electron chi connectivity index (χ0n) is 11.6. The number of hydrogen-bond donors (Lipinski definition) is 2. The predicted octanol–water partition coefficient (Wildman–Crippen LogP) is 1.60. The third-order valence-corrected chi connectivity index (χ3v) is 2.75. The van der Waals surface area contributed by atoms with Gasteiger partial charge in [-0.2, -0.15) is 5.10 Å². The Kier molecular flexibility index (Phi) is 7.17. The van der Waals surface area contributed by atoms with Crippen LogP contribution in [0.5, 0.6) is 5.75 Å². The molecule has 0 spiro atoms. The maximum absolute atomic E-state index is 11.4. The largest absolute Gasteiger partial charge is 0.493 e. The van der Waals surface area contributed by atoms with Crippen molar-refractivity contribution in [2.45, 2.75) is 6.92 Å². The van der Waals surface area contributed by atoms with Crippen LogP contribution in [0, 0.1) is 0 Å². The van der Waals surface area contributed by atoms with Gasteiger partial charge in [-0.15, -0.1) is 6.58 Å². The lowest BCUT2D eigenvalue weighted by Gasteiger charge is -2.07. The number of amides is 2. The van der Waals surface area contributed by atoms with Crippen molar-refractivity contribution in [1.82, 2.24) is 10.7 Å². The fourth-order valence-corrected chi connectivity index (χ4v) is 1.74. The Morgan fingerprint density at radius 3 is 2.86 bits per heavy atom. The highest BCUT2D eigenvalue weighted by molar-refractivity contribution is 9.10. The molecule has 1 aromatic carbocycles. The zero-order chi connectivity index (χ0) is 15.7. The summed E-state index contributed by atoms with van der Waals surface area (Å²) in [7, 11) is 0. The Morgan fingerprint density at radius 2 is 2.19 bits per heavy atom. The molecule has 7 heteroatoms. The molecule has 0 aromatic heterocycles. The average Bonchev–Trinajstić information content (AvgIpc) is 2.47. The number of hydrogen-bond acceptors (Lipinski definition) is 4. The van der Waals surface area contributed by atoms with E-state index in [1.165, 1.54) is 12.3 Å². The fourth-order valence-electron chi connectivity index (χ4n) is 1.36. The molecule has 0 bridgehead atoms. The van der Waals surface area contributed by atoms with E-state index in [9.17, 15) is 9.59 Å². The molecule has 6 nitrogen and oxygen atoms in total. The summed E-state index contributed by atoms with van der Waals surface area (Å²) in [6, 6.07) is 5.41. The van der Waals surface area contributed by atoms with Gasteiger partial charge < -0.3 is 10.1 Å². The second kappa shape index (κ2) is 8.91. The van der Waals surface area contributed by atoms with Gasteiger partial charge in [0.15, 0.2) is 0 Å². The summed E-state index contributed by atoms with van der Waals surface area (Å²) in [5, 5.41) is 6.09. The quantitative estimate of drug-likeness (QED) is 0.353. The summed E-state index contributed by atoms with van der Waals surface area (Å²) < 4.78 is 6.28. The van der Waals surface area contributed by atoms with Gasteiger partial charge in [0, 0.05) is 16.6 Å². The first-order valence-electron chi connectivity index (χ1n) is 6.23. The minimum atomic E-state index is -0.846. The molecular formula is C14H16BrN3O3. The first-order chi connectivity index (χ1) is 10.1. The number of nitrogens with one attached hydrogen (secondary N) is 2. The molecule has 0 saturated carbocycles. The first kappa shape index (κ1) is 16.9. The van der Waals surface area contributed by atoms with E-state index in [1.54, 1.807) is 12.1 Å². The van der Waals surface area contributed by atoms with Crippen molar-refractivity contribution in [1.29, 1.82) is 0 Å². The molecule has 0 aliphatic rings. The van der Waals surface area contributed by atoms with E-state index in [0.717, 1.165) is 4.47 Å². The van der Waals surface area contributed by atoms with Gasteiger partial charge in [-0.1, -0.05) is 22.0 Å². The van der Waals surface area contributed by atoms with E-state index in [1.807, 2.05) is 13.0 Å². The topological polar surface area (TPSA) is 79.8 Å². The lowest BCUT2D eigenvalue weighted by molar-refractivity contribution is -0.139. The number of carbonyl (C=O) groups excluding carboxylic acids is 2. The van der Waals surface area contributed by atoms with Crippen LogP contribution in [0.25, 0.3) is 0 Å². The van der Waals surface area contributed by atoms with Crippen LogP contribution in [-0.2, 0) is 9.59 Å². The Bertz CT molecular complexity index is 558. The number of halogens is 1. The minimum Gasteiger partial charge on any atom is -0.493 e. The molecule has 1 rings (SSSR count). The van der Waals surface area contributed by atoms with Gasteiger partial charge in [0.1, 0.15) is 5.75 Å². The minimum absolute atomic E-state index is 0.218. The van der Waals surface area contributed by atoms with Crippen molar-refractivity contribution in [3.8, 4) is 5.75 Å². The van der Waals surface area contributed by atoms with Gasteiger partial charge >= 0.3 is 11.8 Å². The summed E-state index contributed by atoms with van der Waals surface area (Å²) in [5.74, 6) is -0.984. The predicted molar refractivity (Wildman–Crippen MR) is 84.3 cm³/mol. The van der Waals surface area contributed by atoms with Gasteiger partial charge in [-0.3, -0.25) is 9.59 Å². The molecule has 112 valence electrons. The number of rotatable bonds is 6. The Morgan fingerprint density at radius 1 is 1.43 bits per heavy atom. The van der Waals surface area contributed by atoms with Crippen molar-refractivity contribution in [3.63, 3.8) is 0 Å². The number of hydrazone groups is 1. The molecule has 21 heavy (non-hydrogen) atoms. The Hall–Kier alpha value is -2.15. The van der Waals surface area contributed by atoms with E-state index in [0.29, 0.717) is 17.9 Å². The molecule has 2 amide bonds. The highest BCUT2D eigenvalue weighted by atomic mass is 79.9. The molecule has 0 unspecified atom stereocenters. The normalized spacial score (nSPS) is 10.2. The lowest BCUT2D eigenvalue weighted by atomic mass is 10.2. The Balaban J connectivity index is 2.68. The van der Waals surface area contributed by atoms with E-state index >= 15 is 0 Å². The first-order valence-corrected chi connectivity index (χ1v) is 7.02. The monoisotopic (exact) mass is 353 g/mol. The molecule has 0 aliphatic carbocycles. The van der Waals surface area contributed by atoms with Crippen molar-refractivity contribution in [3.05, 3.63) is 40.9 Å². The summed E-state index contributed by atoms with van der Waals surface area (Å²) >= 11 is 3.34. The van der Waals surface area contributed by atoms with Gasteiger partial charge in [0.05, 0.1) is 12.8 Å². The molecule has 0 aliphatic heterocycles. The summed E-state index contributed by atoms with van der Waals surface area (Å²) in [6.45, 7) is 6.04.